The molecule has 2 aromatic carbocycles. The molecular weight excluding hydrogens is 455 g/mol. The second-order valence-electron chi connectivity index (χ2n) is 9.35. The van der Waals surface area contributed by atoms with Crippen LogP contribution in [-0.4, -0.2) is 43.6 Å². The number of ether oxygens (including phenoxy) is 1. The molecular formula is C27H32Cl2N2O2. The van der Waals surface area contributed by atoms with Crippen molar-refractivity contribution in [2.75, 3.05) is 26.7 Å². The molecule has 1 heterocycles. The number of carbonyl (C=O) groups is 1. The number of hydrogen-bond donors (Lipinski definition) is 1. The molecule has 6 heteroatoms. The average Bonchev–Trinajstić information content (AvgIpc) is 2.81. The third-order valence-corrected chi connectivity index (χ3v) is 8.09. The van der Waals surface area contributed by atoms with E-state index in [1.54, 1.807) is 19.2 Å². The molecule has 0 radical (unpaired) electrons. The summed E-state index contributed by atoms with van der Waals surface area (Å²) in [6.45, 7) is 6.94. The molecule has 0 spiro atoms. The summed E-state index contributed by atoms with van der Waals surface area (Å²) in [5.74, 6) is 1.46. The Morgan fingerprint density at radius 3 is 2.85 bits per heavy atom. The maximum Gasteiger partial charge on any atom is 0.224 e. The molecule has 2 fully saturated rings. The minimum Gasteiger partial charge on any atom is -0.497 e. The molecule has 33 heavy (non-hydrogen) atoms. The highest BCUT2D eigenvalue weighted by Gasteiger charge is 2.48. The molecule has 1 aliphatic carbocycles. The van der Waals surface area contributed by atoms with Crippen LogP contribution in [0.25, 0.3) is 0 Å². The van der Waals surface area contributed by atoms with Gasteiger partial charge in [0.2, 0.25) is 5.91 Å². The predicted octanol–water partition coefficient (Wildman–Crippen LogP) is 5.66. The molecule has 1 N–H and O–H groups in total. The summed E-state index contributed by atoms with van der Waals surface area (Å²) >= 11 is 12.1. The van der Waals surface area contributed by atoms with Crippen LogP contribution in [0.5, 0.6) is 5.75 Å². The smallest absolute Gasteiger partial charge is 0.224 e. The largest absolute Gasteiger partial charge is 0.497 e. The Labute approximate surface area is 206 Å². The van der Waals surface area contributed by atoms with Gasteiger partial charge in [-0.05, 0) is 73.5 Å². The summed E-state index contributed by atoms with van der Waals surface area (Å²) in [7, 11) is 1.72. The van der Waals surface area contributed by atoms with Gasteiger partial charge in [-0.25, -0.2) is 0 Å². The van der Waals surface area contributed by atoms with Gasteiger partial charge in [-0.3, -0.25) is 9.69 Å². The van der Waals surface area contributed by atoms with E-state index in [1.165, 1.54) is 5.56 Å². The van der Waals surface area contributed by atoms with Crippen LogP contribution in [0.4, 0.5) is 0 Å². The molecule has 0 unspecified atom stereocenters. The molecule has 0 aromatic heterocycles. The SMILES string of the molecule is C=CCN1CC[C@@]2(c3cccc(OC)c3)C[C@H](NC(=O)Cc3ccc(Cl)c(Cl)c3)CC[C@@H]2C1. The normalized spacial score (nSPS) is 25.2. The van der Waals surface area contributed by atoms with Gasteiger partial charge in [-0.15, -0.1) is 6.58 Å². The van der Waals surface area contributed by atoms with Crippen molar-refractivity contribution < 1.29 is 9.53 Å². The summed E-state index contributed by atoms with van der Waals surface area (Å²) in [6, 6.07) is 14.0. The lowest BCUT2D eigenvalue weighted by molar-refractivity contribution is -0.121. The topological polar surface area (TPSA) is 41.6 Å². The van der Waals surface area contributed by atoms with Gasteiger partial charge in [0.25, 0.3) is 0 Å². The van der Waals surface area contributed by atoms with Crippen molar-refractivity contribution in [1.29, 1.82) is 0 Å². The first kappa shape index (κ1) is 24.1. The highest BCUT2D eigenvalue weighted by Crippen LogP contribution is 2.49. The van der Waals surface area contributed by atoms with Crippen molar-refractivity contribution in [3.8, 4) is 5.75 Å². The number of halogens is 2. The Morgan fingerprint density at radius 2 is 2.09 bits per heavy atom. The standard InChI is InChI=1S/C27H32Cl2N2O2/c1-3-12-31-13-11-27(20-5-4-6-23(16-20)33-2)17-22(9-8-21(27)18-31)30-26(32)15-19-7-10-24(28)25(29)14-19/h3-7,10,14,16,21-22H,1,8-9,11-13,15,17-18H2,2H3,(H,30,32)/t21-,22-,27+/m1/s1. The zero-order chi connectivity index (χ0) is 23.4. The molecule has 2 aromatic rings. The maximum absolute atomic E-state index is 12.9. The van der Waals surface area contributed by atoms with E-state index in [9.17, 15) is 4.79 Å². The average molecular weight is 487 g/mol. The van der Waals surface area contributed by atoms with Crippen LogP contribution in [0.1, 0.15) is 36.8 Å². The summed E-state index contributed by atoms with van der Waals surface area (Å²) in [5.41, 5.74) is 2.23. The molecule has 1 amide bonds. The predicted molar refractivity (Wildman–Crippen MR) is 135 cm³/mol. The van der Waals surface area contributed by atoms with Gasteiger partial charge in [0.15, 0.2) is 0 Å². The Kier molecular flexibility index (Phi) is 7.68. The first-order valence-electron chi connectivity index (χ1n) is 11.6. The highest BCUT2D eigenvalue weighted by molar-refractivity contribution is 6.42. The molecule has 1 saturated heterocycles. The van der Waals surface area contributed by atoms with Crippen LogP contribution in [-0.2, 0) is 16.6 Å². The molecule has 3 atom stereocenters. The van der Waals surface area contributed by atoms with E-state index in [2.05, 4.69) is 35.0 Å². The summed E-state index contributed by atoms with van der Waals surface area (Å²) in [6.07, 6.45) is 6.38. The number of rotatable bonds is 7. The fraction of sp³-hybridized carbons (Fsp3) is 0.444. The second kappa shape index (κ2) is 10.5. The maximum atomic E-state index is 12.9. The van der Waals surface area contributed by atoms with Crippen LogP contribution in [0, 0.1) is 5.92 Å². The Morgan fingerprint density at radius 1 is 1.24 bits per heavy atom. The van der Waals surface area contributed by atoms with Crippen molar-refractivity contribution in [3.63, 3.8) is 0 Å². The number of benzene rings is 2. The fourth-order valence-corrected chi connectivity index (χ4v) is 6.06. The number of nitrogens with zero attached hydrogens (tertiary/aromatic N) is 1. The van der Waals surface area contributed by atoms with Gasteiger partial charge in [0.1, 0.15) is 5.75 Å². The zero-order valence-corrected chi connectivity index (χ0v) is 20.7. The van der Waals surface area contributed by atoms with Crippen LogP contribution < -0.4 is 10.1 Å². The lowest BCUT2D eigenvalue weighted by Crippen LogP contribution is -2.56. The second-order valence-corrected chi connectivity index (χ2v) is 10.2. The zero-order valence-electron chi connectivity index (χ0n) is 19.2. The molecule has 0 bridgehead atoms. The van der Waals surface area contributed by atoms with E-state index in [-0.39, 0.29) is 17.4 Å². The lowest BCUT2D eigenvalue weighted by Gasteiger charge is -2.53. The van der Waals surface area contributed by atoms with Crippen LogP contribution in [0.2, 0.25) is 10.0 Å². The molecule has 1 aliphatic heterocycles. The van der Waals surface area contributed by atoms with Crippen molar-refractivity contribution in [2.24, 2.45) is 5.92 Å². The van der Waals surface area contributed by atoms with Gasteiger partial charge < -0.3 is 10.1 Å². The molecule has 176 valence electrons. The number of amides is 1. The number of carbonyl (C=O) groups excluding carboxylic acids is 1. The summed E-state index contributed by atoms with van der Waals surface area (Å²) in [4.78, 5) is 15.4. The van der Waals surface area contributed by atoms with E-state index < -0.39 is 0 Å². The number of methoxy groups -OCH3 is 1. The third-order valence-electron chi connectivity index (χ3n) is 7.35. The lowest BCUT2D eigenvalue weighted by atomic mass is 9.58. The van der Waals surface area contributed by atoms with Gasteiger partial charge in [-0.1, -0.05) is 47.5 Å². The van der Waals surface area contributed by atoms with E-state index in [0.717, 1.165) is 56.6 Å². The third kappa shape index (κ3) is 5.40. The number of likely N-dealkylation sites (tertiary alicyclic amines) is 1. The molecule has 4 rings (SSSR count). The quantitative estimate of drug-likeness (QED) is 0.513. The highest BCUT2D eigenvalue weighted by atomic mass is 35.5. The molecule has 2 aliphatic rings. The Bertz CT molecular complexity index is 1010. The van der Waals surface area contributed by atoms with E-state index in [4.69, 9.17) is 27.9 Å². The van der Waals surface area contributed by atoms with Crippen molar-refractivity contribution in [2.45, 2.75) is 43.6 Å². The van der Waals surface area contributed by atoms with Crippen LogP contribution in [0.15, 0.2) is 55.1 Å². The van der Waals surface area contributed by atoms with Crippen LogP contribution >= 0.6 is 23.2 Å². The molecule has 4 nitrogen and oxygen atoms in total. The Balaban J connectivity index is 1.52. The van der Waals surface area contributed by atoms with Crippen molar-refractivity contribution >= 4 is 29.1 Å². The number of fused-ring (bicyclic) bond motifs is 1. The molecule has 1 saturated carbocycles. The van der Waals surface area contributed by atoms with E-state index in [0.29, 0.717) is 22.4 Å². The van der Waals surface area contributed by atoms with Crippen molar-refractivity contribution in [1.82, 2.24) is 10.2 Å². The summed E-state index contributed by atoms with van der Waals surface area (Å²) in [5, 5.41) is 4.30. The number of hydrogen-bond acceptors (Lipinski definition) is 3. The number of piperidine rings is 1. The van der Waals surface area contributed by atoms with E-state index in [1.807, 2.05) is 18.2 Å². The van der Waals surface area contributed by atoms with E-state index >= 15 is 0 Å². The summed E-state index contributed by atoms with van der Waals surface area (Å²) < 4.78 is 5.54. The number of nitrogens with one attached hydrogen (secondary N) is 1. The van der Waals surface area contributed by atoms with Crippen LogP contribution in [0.3, 0.4) is 0 Å². The Hall–Kier alpha value is -2.01. The van der Waals surface area contributed by atoms with Gasteiger partial charge in [0, 0.05) is 24.5 Å². The fourth-order valence-electron chi connectivity index (χ4n) is 5.74. The van der Waals surface area contributed by atoms with Gasteiger partial charge >= 0.3 is 0 Å². The minimum atomic E-state index is 0.0294. The van der Waals surface area contributed by atoms with Gasteiger partial charge in [-0.2, -0.15) is 0 Å². The monoisotopic (exact) mass is 486 g/mol. The van der Waals surface area contributed by atoms with Gasteiger partial charge in [0.05, 0.1) is 23.6 Å². The minimum absolute atomic E-state index is 0.0294. The first-order chi connectivity index (χ1) is 15.9. The first-order valence-corrected chi connectivity index (χ1v) is 12.4. The van der Waals surface area contributed by atoms with Crippen molar-refractivity contribution in [3.05, 3.63) is 76.3 Å².